The lowest BCUT2D eigenvalue weighted by Gasteiger charge is -2.34. The van der Waals surface area contributed by atoms with Crippen LogP contribution in [0.25, 0.3) is 21.8 Å². The number of fused-ring (bicyclic) bond motifs is 3. The van der Waals surface area contributed by atoms with Crippen molar-refractivity contribution in [3.63, 3.8) is 0 Å². The third-order valence-corrected chi connectivity index (χ3v) is 7.40. The minimum atomic E-state index is 0. The minimum Gasteiger partial charge on any atom is -0.363 e. The van der Waals surface area contributed by atoms with Crippen LogP contribution in [0.2, 0.25) is 0 Å². The molecule has 3 aromatic carbocycles. The number of aryl methyl sites for hydroxylation is 1. The molecule has 34 heavy (non-hydrogen) atoms. The highest BCUT2D eigenvalue weighted by Gasteiger charge is 2.41. The highest BCUT2D eigenvalue weighted by molar-refractivity contribution is 6.07. The maximum absolute atomic E-state index is 5.95. The zero-order chi connectivity index (χ0) is 22.0. The number of unbranched alkanes of at least 4 members (excludes halogenated alkanes) is 1. The number of rotatable bonds is 8. The van der Waals surface area contributed by atoms with Crippen LogP contribution in [-0.4, -0.2) is 59.7 Å². The average molecular weight is 476 g/mol. The first kappa shape index (κ1) is 23.4. The van der Waals surface area contributed by atoms with E-state index < -0.39 is 0 Å². The number of hydrogen-bond acceptors (Lipinski definition) is 3. The minimum absolute atomic E-state index is 0. The van der Waals surface area contributed by atoms with Gasteiger partial charge in [0.2, 0.25) is 0 Å². The predicted octanol–water partition coefficient (Wildman–Crippen LogP) is 5.75. The van der Waals surface area contributed by atoms with Crippen molar-refractivity contribution in [2.75, 3.05) is 39.3 Å². The normalized spacial score (nSPS) is 21.1. The molecule has 1 aromatic heterocycles. The summed E-state index contributed by atoms with van der Waals surface area (Å²) in [6.45, 7) is 8.05. The maximum atomic E-state index is 5.95. The highest BCUT2D eigenvalue weighted by Crippen LogP contribution is 2.39. The molecule has 2 atom stereocenters. The summed E-state index contributed by atoms with van der Waals surface area (Å²) in [5.41, 5.74) is 4.05. The van der Waals surface area contributed by atoms with Crippen LogP contribution in [-0.2, 0) is 11.3 Å². The molecule has 0 bridgehead atoms. The summed E-state index contributed by atoms with van der Waals surface area (Å²) < 4.78 is 8.47. The van der Waals surface area contributed by atoms with Crippen LogP contribution >= 0.6 is 12.4 Å². The molecule has 0 radical (unpaired) electrons. The van der Waals surface area contributed by atoms with Crippen LogP contribution in [0.1, 0.15) is 24.5 Å². The van der Waals surface area contributed by atoms with Gasteiger partial charge in [0.1, 0.15) is 12.2 Å². The fourth-order valence-corrected chi connectivity index (χ4v) is 5.52. The Morgan fingerprint density at radius 3 is 1.88 bits per heavy atom. The van der Waals surface area contributed by atoms with Crippen LogP contribution in [0.5, 0.6) is 0 Å². The largest absolute Gasteiger partial charge is 0.363 e. The first-order valence-electron chi connectivity index (χ1n) is 12.5. The summed E-state index contributed by atoms with van der Waals surface area (Å²) in [5.74, 6) is 0. The fraction of sp³-hybridized carbons (Fsp3) is 0.379. The first-order valence-corrected chi connectivity index (χ1v) is 12.5. The van der Waals surface area contributed by atoms with Gasteiger partial charge in [0, 0.05) is 61.1 Å². The zero-order valence-corrected chi connectivity index (χ0v) is 20.5. The van der Waals surface area contributed by atoms with E-state index in [9.17, 15) is 0 Å². The van der Waals surface area contributed by atoms with E-state index in [1.54, 1.807) is 0 Å². The third-order valence-electron chi connectivity index (χ3n) is 7.40. The van der Waals surface area contributed by atoms with Gasteiger partial charge in [0.25, 0.3) is 0 Å². The molecule has 6 rings (SSSR count). The Labute approximate surface area is 208 Å². The molecule has 4 aromatic rings. The molecule has 2 aliphatic rings. The molecule has 0 amide bonds. The Hall–Kier alpha value is -2.37. The molecule has 178 valence electrons. The van der Waals surface area contributed by atoms with E-state index in [2.05, 4.69) is 93.2 Å². The Morgan fingerprint density at radius 2 is 1.21 bits per heavy atom. The molecule has 2 unspecified atom stereocenters. The molecule has 5 heteroatoms. The van der Waals surface area contributed by atoms with Crippen molar-refractivity contribution < 1.29 is 4.74 Å². The average Bonchev–Trinajstić information content (AvgIpc) is 3.57. The van der Waals surface area contributed by atoms with E-state index in [4.69, 9.17) is 4.74 Å². The number of hydrogen-bond donors (Lipinski definition) is 0. The number of piperazine rings is 1. The van der Waals surface area contributed by atoms with Crippen LogP contribution < -0.4 is 0 Å². The van der Waals surface area contributed by atoms with Crippen LogP contribution in [0.3, 0.4) is 0 Å². The second-order valence-electron chi connectivity index (χ2n) is 9.54. The summed E-state index contributed by atoms with van der Waals surface area (Å²) in [5, 5.41) is 2.75. The molecule has 0 N–H and O–H groups in total. The number of nitrogens with zero attached hydrogens (tertiary/aromatic N) is 3. The summed E-state index contributed by atoms with van der Waals surface area (Å²) in [4.78, 5) is 5.23. The summed E-state index contributed by atoms with van der Waals surface area (Å²) in [7, 11) is 0. The summed E-state index contributed by atoms with van der Waals surface area (Å²) in [6, 6.07) is 28.3. The monoisotopic (exact) mass is 475 g/mol. The van der Waals surface area contributed by atoms with Gasteiger partial charge in [-0.15, -0.1) is 12.4 Å². The van der Waals surface area contributed by atoms with Crippen molar-refractivity contribution in [2.45, 2.75) is 31.6 Å². The van der Waals surface area contributed by atoms with E-state index in [-0.39, 0.29) is 12.4 Å². The SMILES string of the molecule is Cl.c1ccc(C2OC2CN2CCN(CCCCn3c4ccccc4c4ccccc43)CC2)cc1. The Bertz CT molecular complexity index is 1160. The smallest absolute Gasteiger partial charge is 0.110 e. The van der Waals surface area contributed by atoms with Crippen molar-refractivity contribution in [1.29, 1.82) is 0 Å². The van der Waals surface area contributed by atoms with Gasteiger partial charge in [-0.25, -0.2) is 0 Å². The van der Waals surface area contributed by atoms with Gasteiger partial charge in [0.15, 0.2) is 0 Å². The Kier molecular flexibility index (Phi) is 7.21. The molecule has 0 aliphatic carbocycles. The molecule has 2 aliphatic heterocycles. The lowest BCUT2D eigenvalue weighted by Crippen LogP contribution is -2.47. The fourth-order valence-electron chi connectivity index (χ4n) is 5.52. The van der Waals surface area contributed by atoms with Crippen molar-refractivity contribution in [1.82, 2.24) is 14.4 Å². The van der Waals surface area contributed by atoms with Gasteiger partial charge < -0.3 is 14.2 Å². The van der Waals surface area contributed by atoms with Crippen LogP contribution in [0.15, 0.2) is 78.9 Å². The number of halogens is 1. The Balaban J connectivity index is 0.00000241. The van der Waals surface area contributed by atoms with E-state index in [0.29, 0.717) is 12.2 Å². The molecule has 0 spiro atoms. The lowest BCUT2D eigenvalue weighted by atomic mass is 10.1. The van der Waals surface area contributed by atoms with Gasteiger partial charge in [-0.05, 0) is 37.1 Å². The Morgan fingerprint density at radius 1 is 0.647 bits per heavy atom. The van der Waals surface area contributed by atoms with Crippen LogP contribution in [0, 0.1) is 0 Å². The van der Waals surface area contributed by atoms with Gasteiger partial charge in [-0.2, -0.15) is 0 Å². The molecular formula is C29H34ClN3O. The van der Waals surface area contributed by atoms with E-state index >= 15 is 0 Å². The number of ether oxygens (including phenoxy) is 1. The number of para-hydroxylation sites is 2. The molecule has 0 saturated carbocycles. The standard InChI is InChI=1S/C29H33N3O.ClH/c1-2-10-23(11-3-1)29-28(33-29)22-31-20-18-30(19-21-31)16-8-9-17-32-26-14-6-4-12-24(26)25-13-5-7-15-27(25)32;/h1-7,10-15,28-29H,8-9,16-22H2;1H. The van der Waals surface area contributed by atoms with E-state index in [1.165, 1.54) is 59.8 Å². The van der Waals surface area contributed by atoms with Gasteiger partial charge in [0.05, 0.1) is 0 Å². The predicted molar refractivity (Wildman–Crippen MR) is 143 cm³/mol. The van der Waals surface area contributed by atoms with Crippen molar-refractivity contribution >= 4 is 34.2 Å². The second-order valence-corrected chi connectivity index (χ2v) is 9.54. The topological polar surface area (TPSA) is 23.9 Å². The number of benzene rings is 3. The summed E-state index contributed by atoms with van der Waals surface area (Å²) >= 11 is 0. The van der Waals surface area contributed by atoms with Crippen molar-refractivity contribution in [3.05, 3.63) is 84.4 Å². The molecule has 4 nitrogen and oxygen atoms in total. The van der Waals surface area contributed by atoms with Crippen molar-refractivity contribution in [2.24, 2.45) is 0 Å². The summed E-state index contributed by atoms with van der Waals surface area (Å²) in [6.07, 6.45) is 3.16. The van der Waals surface area contributed by atoms with E-state index in [0.717, 1.165) is 26.2 Å². The number of aromatic nitrogens is 1. The molecule has 3 heterocycles. The highest BCUT2D eigenvalue weighted by atomic mass is 35.5. The lowest BCUT2D eigenvalue weighted by molar-refractivity contribution is 0.123. The molecule has 2 saturated heterocycles. The molecular weight excluding hydrogens is 442 g/mol. The molecule has 2 fully saturated rings. The van der Waals surface area contributed by atoms with Gasteiger partial charge in [-0.1, -0.05) is 66.7 Å². The third kappa shape index (κ3) is 4.87. The second kappa shape index (κ2) is 10.5. The number of epoxide rings is 1. The van der Waals surface area contributed by atoms with E-state index in [1.807, 2.05) is 0 Å². The zero-order valence-electron chi connectivity index (χ0n) is 19.7. The quantitative estimate of drug-likeness (QED) is 0.239. The van der Waals surface area contributed by atoms with Crippen molar-refractivity contribution in [3.8, 4) is 0 Å². The van der Waals surface area contributed by atoms with Gasteiger partial charge in [-0.3, -0.25) is 4.90 Å². The van der Waals surface area contributed by atoms with Gasteiger partial charge >= 0.3 is 0 Å². The maximum Gasteiger partial charge on any atom is 0.110 e. The van der Waals surface area contributed by atoms with Crippen LogP contribution in [0.4, 0.5) is 0 Å². The first-order chi connectivity index (χ1) is 16.4.